The second kappa shape index (κ2) is 10.8. The fourth-order valence-corrected chi connectivity index (χ4v) is 4.55. The van der Waals surface area contributed by atoms with Crippen molar-refractivity contribution in [3.63, 3.8) is 0 Å². The number of rotatable bonds is 5. The molecule has 1 heterocycles. The minimum atomic E-state index is 0.574. The molecule has 2 aliphatic carbocycles. The molecule has 0 amide bonds. The van der Waals surface area contributed by atoms with Crippen LogP contribution < -0.4 is 10.6 Å². The van der Waals surface area contributed by atoms with Crippen LogP contribution in [0, 0.1) is 18.3 Å². The van der Waals surface area contributed by atoms with Crippen molar-refractivity contribution in [1.29, 1.82) is 5.26 Å². The van der Waals surface area contributed by atoms with Crippen LogP contribution in [0.2, 0.25) is 0 Å². The fourth-order valence-electron chi connectivity index (χ4n) is 4.55. The molecule has 5 rings (SSSR count). The number of para-hydroxylation sites is 2. The number of nitrogens with zero attached hydrogens (tertiary/aromatic N) is 3. The van der Waals surface area contributed by atoms with Gasteiger partial charge in [0.05, 0.1) is 11.3 Å². The standard InChI is InChI=1S/C14H18N4.C12H14N2/c1-10-15-14(18-17-10)12-8-4-5-9-13(12)16-11-6-2-3-7-11;13-9-10-5-1-4-8-12(10)14-11-6-2-3-7-11/h4-5,8-9,11,16H,2-3,6-7H2,1H3,(H,15,17,18);1,4-5,8,11,14H,2-3,6-7H2. The van der Waals surface area contributed by atoms with Gasteiger partial charge in [0, 0.05) is 23.3 Å². The van der Waals surface area contributed by atoms with Gasteiger partial charge in [-0.15, -0.1) is 0 Å². The third-order valence-corrected chi connectivity index (χ3v) is 6.24. The Morgan fingerprint density at radius 1 is 0.844 bits per heavy atom. The lowest BCUT2D eigenvalue weighted by Crippen LogP contribution is -2.15. The second-order valence-electron chi connectivity index (χ2n) is 8.70. The van der Waals surface area contributed by atoms with E-state index in [4.69, 9.17) is 5.26 Å². The lowest BCUT2D eigenvalue weighted by molar-refractivity contribution is 0.755. The third kappa shape index (κ3) is 5.67. The molecule has 6 nitrogen and oxygen atoms in total. The van der Waals surface area contributed by atoms with Gasteiger partial charge >= 0.3 is 0 Å². The van der Waals surface area contributed by atoms with E-state index in [2.05, 4.69) is 50.1 Å². The molecule has 2 saturated carbocycles. The molecule has 2 fully saturated rings. The Hall–Kier alpha value is -3.33. The van der Waals surface area contributed by atoms with E-state index in [9.17, 15) is 0 Å². The molecule has 1 aromatic heterocycles. The van der Waals surface area contributed by atoms with Crippen molar-refractivity contribution in [3.8, 4) is 17.5 Å². The highest BCUT2D eigenvalue weighted by Crippen LogP contribution is 2.29. The smallest absolute Gasteiger partial charge is 0.183 e. The summed E-state index contributed by atoms with van der Waals surface area (Å²) in [5.74, 6) is 1.62. The van der Waals surface area contributed by atoms with Crippen LogP contribution in [-0.4, -0.2) is 27.3 Å². The number of hydrogen-bond donors (Lipinski definition) is 3. The van der Waals surface area contributed by atoms with E-state index in [1.54, 1.807) is 0 Å². The summed E-state index contributed by atoms with van der Waals surface area (Å²) in [6.07, 6.45) is 10.3. The molecular formula is C26H32N6. The van der Waals surface area contributed by atoms with E-state index in [0.717, 1.165) is 34.2 Å². The Bertz CT molecular complexity index is 1040. The topological polar surface area (TPSA) is 89.4 Å². The predicted octanol–water partition coefficient (Wildman–Crippen LogP) is 6.05. The number of aromatic nitrogens is 3. The molecule has 3 aromatic rings. The van der Waals surface area contributed by atoms with Crippen molar-refractivity contribution in [2.45, 2.75) is 70.4 Å². The zero-order valence-corrected chi connectivity index (χ0v) is 18.8. The Kier molecular flexibility index (Phi) is 7.39. The number of aryl methyl sites for hydroxylation is 1. The normalized spacial score (nSPS) is 16.2. The van der Waals surface area contributed by atoms with E-state index >= 15 is 0 Å². The molecule has 0 saturated heterocycles. The molecule has 0 bridgehead atoms. The van der Waals surface area contributed by atoms with Crippen LogP contribution in [0.1, 0.15) is 62.8 Å². The van der Waals surface area contributed by atoms with Crippen LogP contribution in [-0.2, 0) is 0 Å². The molecule has 0 radical (unpaired) electrons. The number of nitriles is 1. The molecule has 32 heavy (non-hydrogen) atoms. The minimum Gasteiger partial charge on any atom is -0.382 e. The van der Waals surface area contributed by atoms with E-state index in [1.807, 2.05) is 37.3 Å². The van der Waals surface area contributed by atoms with Gasteiger partial charge in [0.15, 0.2) is 5.82 Å². The van der Waals surface area contributed by atoms with Gasteiger partial charge in [-0.3, -0.25) is 5.10 Å². The third-order valence-electron chi connectivity index (χ3n) is 6.24. The summed E-state index contributed by atoms with van der Waals surface area (Å²) in [5.41, 5.74) is 3.96. The molecule has 0 unspecified atom stereocenters. The van der Waals surface area contributed by atoms with Crippen molar-refractivity contribution in [2.24, 2.45) is 0 Å². The Labute approximate surface area is 190 Å². The van der Waals surface area contributed by atoms with Crippen LogP contribution >= 0.6 is 0 Å². The summed E-state index contributed by atoms with van der Waals surface area (Å²) in [4.78, 5) is 4.41. The molecule has 0 atom stereocenters. The molecule has 3 N–H and O–H groups in total. The number of nitrogens with one attached hydrogen (secondary N) is 3. The zero-order valence-electron chi connectivity index (χ0n) is 18.8. The molecule has 0 aliphatic heterocycles. The molecular weight excluding hydrogens is 396 g/mol. The van der Waals surface area contributed by atoms with Crippen LogP contribution in [0.25, 0.3) is 11.4 Å². The Morgan fingerprint density at radius 2 is 1.41 bits per heavy atom. The number of hydrogen-bond acceptors (Lipinski definition) is 5. The average molecular weight is 429 g/mol. The van der Waals surface area contributed by atoms with Gasteiger partial charge in [0.25, 0.3) is 0 Å². The van der Waals surface area contributed by atoms with Crippen LogP contribution in [0.3, 0.4) is 0 Å². The van der Waals surface area contributed by atoms with Gasteiger partial charge in [-0.05, 0) is 56.9 Å². The maximum atomic E-state index is 8.90. The summed E-state index contributed by atoms with van der Waals surface area (Å²) in [7, 11) is 0. The largest absolute Gasteiger partial charge is 0.382 e. The first-order valence-electron chi connectivity index (χ1n) is 11.7. The van der Waals surface area contributed by atoms with Crippen LogP contribution in [0.4, 0.5) is 11.4 Å². The van der Waals surface area contributed by atoms with Gasteiger partial charge in [0.1, 0.15) is 11.9 Å². The minimum absolute atomic E-state index is 0.574. The van der Waals surface area contributed by atoms with Crippen LogP contribution in [0.15, 0.2) is 48.5 Å². The molecule has 2 aliphatic rings. The summed E-state index contributed by atoms with van der Waals surface area (Å²) in [6, 6.07) is 19.4. The van der Waals surface area contributed by atoms with Gasteiger partial charge in [-0.1, -0.05) is 49.9 Å². The number of aromatic amines is 1. The van der Waals surface area contributed by atoms with Gasteiger partial charge in [-0.25, -0.2) is 4.98 Å². The van der Waals surface area contributed by atoms with Crippen molar-refractivity contribution in [3.05, 3.63) is 59.9 Å². The summed E-state index contributed by atoms with van der Waals surface area (Å²) < 4.78 is 0. The lowest BCUT2D eigenvalue weighted by Gasteiger charge is -2.15. The van der Waals surface area contributed by atoms with Crippen LogP contribution in [0.5, 0.6) is 0 Å². The Balaban J connectivity index is 0.000000158. The fraction of sp³-hybridized carbons (Fsp3) is 0.423. The van der Waals surface area contributed by atoms with Gasteiger partial charge < -0.3 is 10.6 Å². The van der Waals surface area contributed by atoms with Gasteiger partial charge in [0.2, 0.25) is 0 Å². The van der Waals surface area contributed by atoms with Crippen molar-refractivity contribution < 1.29 is 0 Å². The molecule has 166 valence electrons. The maximum Gasteiger partial charge on any atom is 0.183 e. The maximum absolute atomic E-state index is 8.90. The first-order valence-corrected chi connectivity index (χ1v) is 11.7. The summed E-state index contributed by atoms with van der Waals surface area (Å²) >= 11 is 0. The summed E-state index contributed by atoms with van der Waals surface area (Å²) in [5, 5.41) is 23.1. The van der Waals surface area contributed by atoms with E-state index in [1.165, 1.54) is 51.4 Å². The number of anilines is 2. The lowest BCUT2D eigenvalue weighted by atomic mass is 10.1. The zero-order chi connectivity index (χ0) is 22.2. The highest BCUT2D eigenvalue weighted by atomic mass is 15.2. The highest BCUT2D eigenvalue weighted by molar-refractivity contribution is 5.73. The number of benzene rings is 2. The van der Waals surface area contributed by atoms with Crippen molar-refractivity contribution in [2.75, 3.05) is 10.6 Å². The Morgan fingerprint density at radius 3 is 2.00 bits per heavy atom. The quantitative estimate of drug-likeness (QED) is 0.460. The summed E-state index contributed by atoms with van der Waals surface area (Å²) in [6.45, 7) is 1.92. The van der Waals surface area contributed by atoms with Crippen molar-refractivity contribution in [1.82, 2.24) is 15.2 Å². The van der Waals surface area contributed by atoms with Gasteiger partial charge in [-0.2, -0.15) is 10.4 Å². The number of H-pyrrole nitrogens is 1. The molecule has 0 spiro atoms. The first kappa shape index (κ1) is 21.9. The van der Waals surface area contributed by atoms with E-state index in [-0.39, 0.29) is 0 Å². The highest BCUT2D eigenvalue weighted by Gasteiger charge is 2.17. The monoisotopic (exact) mass is 428 g/mol. The average Bonchev–Trinajstić information content (AvgIpc) is 3.59. The van der Waals surface area contributed by atoms with Crippen molar-refractivity contribution >= 4 is 11.4 Å². The molecule has 6 heteroatoms. The van der Waals surface area contributed by atoms with E-state index in [0.29, 0.717) is 12.1 Å². The SMILES string of the molecule is Cc1nc(-c2ccccc2NC2CCCC2)n[nH]1.N#Cc1ccccc1NC1CCCC1. The molecule has 2 aromatic carbocycles. The van der Waals surface area contributed by atoms with E-state index < -0.39 is 0 Å². The second-order valence-corrected chi connectivity index (χ2v) is 8.70. The predicted molar refractivity (Wildman–Crippen MR) is 129 cm³/mol. The first-order chi connectivity index (χ1) is 15.7.